The number of fused-ring (bicyclic) bond motifs is 1. The van der Waals surface area contributed by atoms with Crippen LogP contribution in [-0.4, -0.2) is 26.4 Å². The molecule has 0 amide bonds. The van der Waals surface area contributed by atoms with Crippen molar-refractivity contribution in [2.24, 2.45) is 0 Å². The van der Waals surface area contributed by atoms with Crippen molar-refractivity contribution < 1.29 is 14.6 Å². The van der Waals surface area contributed by atoms with E-state index < -0.39 is 5.60 Å². The normalized spacial score (nSPS) is 16.2. The summed E-state index contributed by atoms with van der Waals surface area (Å²) in [6.07, 6.45) is 4.07. The van der Waals surface area contributed by atoms with E-state index >= 15 is 0 Å². The second-order valence-electron chi connectivity index (χ2n) is 7.25. The lowest BCUT2D eigenvalue weighted by Crippen LogP contribution is -2.28. The van der Waals surface area contributed by atoms with Gasteiger partial charge in [-0.25, -0.2) is 14.3 Å². The Morgan fingerprint density at radius 2 is 2.04 bits per heavy atom. The van der Waals surface area contributed by atoms with Gasteiger partial charge in [-0.2, -0.15) is 0 Å². The number of aromatic nitrogens is 2. The SMILES string of the molecule is CC(C)(C)OC(=O)n1c(C2CCCC2)nc2cc(CO)ccc21. The fraction of sp³-hybridized carbons (Fsp3) is 0.556. The molecule has 23 heavy (non-hydrogen) atoms. The van der Waals surface area contributed by atoms with Crippen molar-refractivity contribution in [3.63, 3.8) is 0 Å². The van der Waals surface area contributed by atoms with E-state index in [2.05, 4.69) is 0 Å². The number of aliphatic hydroxyl groups excluding tert-OH is 1. The lowest BCUT2D eigenvalue weighted by atomic mass is 10.1. The average molecular weight is 316 g/mol. The molecule has 5 nitrogen and oxygen atoms in total. The van der Waals surface area contributed by atoms with Gasteiger partial charge < -0.3 is 9.84 Å². The van der Waals surface area contributed by atoms with Gasteiger partial charge in [0.25, 0.3) is 0 Å². The van der Waals surface area contributed by atoms with Crippen LogP contribution in [0.3, 0.4) is 0 Å². The molecule has 1 aromatic carbocycles. The minimum Gasteiger partial charge on any atom is -0.443 e. The molecule has 1 fully saturated rings. The first-order valence-electron chi connectivity index (χ1n) is 8.24. The summed E-state index contributed by atoms with van der Waals surface area (Å²) in [6.45, 7) is 5.56. The van der Waals surface area contributed by atoms with Gasteiger partial charge in [-0.05, 0) is 51.3 Å². The molecule has 0 atom stereocenters. The van der Waals surface area contributed by atoms with Gasteiger partial charge in [-0.15, -0.1) is 0 Å². The van der Waals surface area contributed by atoms with Gasteiger partial charge in [0.15, 0.2) is 0 Å². The summed E-state index contributed by atoms with van der Waals surface area (Å²) in [5.74, 6) is 1.09. The van der Waals surface area contributed by atoms with Crippen molar-refractivity contribution in [1.82, 2.24) is 9.55 Å². The van der Waals surface area contributed by atoms with Gasteiger partial charge in [-0.1, -0.05) is 18.9 Å². The Morgan fingerprint density at radius 3 is 2.65 bits per heavy atom. The average Bonchev–Trinajstić information content (AvgIpc) is 3.11. The van der Waals surface area contributed by atoms with Crippen LogP contribution in [0.25, 0.3) is 11.0 Å². The quantitative estimate of drug-likeness (QED) is 0.910. The Bertz CT molecular complexity index is 722. The molecule has 1 N–H and O–H groups in total. The van der Waals surface area contributed by atoms with Gasteiger partial charge >= 0.3 is 6.09 Å². The van der Waals surface area contributed by atoms with Crippen molar-refractivity contribution in [3.05, 3.63) is 29.6 Å². The van der Waals surface area contributed by atoms with Crippen LogP contribution in [0.15, 0.2) is 18.2 Å². The van der Waals surface area contributed by atoms with Gasteiger partial charge in [0, 0.05) is 5.92 Å². The topological polar surface area (TPSA) is 64.4 Å². The lowest BCUT2D eigenvalue weighted by Gasteiger charge is -2.21. The van der Waals surface area contributed by atoms with E-state index in [-0.39, 0.29) is 12.7 Å². The van der Waals surface area contributed by atoms with E-state index in [1.807, 2.05) is 39.0 Å². The molecule has 3 rings (SSSR count). The maximum Gasteiger partial charge on any atom is 0.420 e. The first-order chi connectivity index (χ1) is 10.9. The van der Waals surface area contributed by atoms with Crippen molar-refractivity contribution in [1.29, 1.82) is 0 Å². The molecule has 0 saturated heterocycles. The summed E-state index contributed by atoms with van der Waals surface area (Å²) < 4.78 is 7.20. The fourth-order valence-electron chi connectivity index (χ4n) is 3.20. The molecule has 1 aliphatic carbocycles. The summed E-state index contributed by atoms with van der Waals surface area (Å²) in [6, 6.07) is 5.51. The van der Waals surface area contributed by atoms with Gasteiger partial charge in [0.1, 0.15) is 11.4 Å². The predicted octanol–water partition coefficient (Wildman–Crippen LogP) is 3.97. The molecule has 124 valence electrons. The number of hydrogen-bond acceptors (Lipinski definition) is 4. The largest absolute Gasteiger partial charge is 0.443 e. The first-order valence-corrected chi connectivity index (χ1v) is 8.24. The highest BCUT2D eigenvalue weighted by Gasteiger charge is 2.29. The van der Waals surface area contributed by atoms with E-state index in [0.717, 1.165) is 35.3 Å². The molecule has 5 heteroatoms. The summed E-state index contributed by atoms with van der Waals surface area (Å²) in [5, 5.41) is 9.32. The number of benzene rings is 1. The number of rotatable bonds is 2. The van der Waals surface area contributed by atoms with Gasteiger partial charge in [0.05, 0.1) is 17.6 Å². The minimum absolute atomic E-state index is 0.0337. The van der Waals surface area contributed by atoms with Crippen molar-refractivity contribution in [3.8, 4) is 0 Å². The number of imidazole rings is 1. The highest BCUT2D eigenvalue weighted by atomic mass is 16.6. The number of ether oxygens (including phenoxy) is 1. The van der Waals surface area contributed by atoms with Crippen LogP contribution in [0.4, 0.5) is 4.79 Å². The standard InChI is InChI=1S/C18H24N2O3/c1-18(2,3)23-17(22)20-15-9-8-12(11-21)10-14(15)19-16(20)13-6-4-5-7-13/h8-10,13,21H,4-7,11H2,1-3H3. The summed E-state index contributed by atoms with van der Waals surface area (Å²) >= 11 is 0. The van der Waals surface area contributed by atoms with Crippen LogP contribution in [0.1, 0.15) is 63.8 Å². The maximum absolute atomic E-state index is 12.7. The van der Waals surface area contributed by atoms with E-state index in [4.69, 9.17) is 9.72 Å². The van der Waals surface area contributed by atoms with E-state index in [1.165, 1.54) is 12.8 Å². The number of aliphatic hydroxyl groups is 1. The highest BCUT2D eigenvalue weighted by molar-refractivity contribution is 5.88. The highest BCUT2D eigenvalue weighted by Crippen LogP contribution is 2.35. The number of carbonyl (C=O) groups is 1. The minimum atomic E-state index is -0.550. The zero-order chi connectivity index (χ0) is 16.6. The van der Waals surface area contributed by atoms with E-state index in [0.29, 0.717) is 5.92 Å². The lowest BCUT2D eigenvalue weighted by molar-refractivity contribution is 0.0537. The van der Waals surface area contributed by atoms with Crippen molar-refractivity contribution in [2.45, 2.75) is 64.6 Å². The van der Waals surface area contributed by atoms with Crippen molar-refractivity contribution >= 4 is 17.1 Å². The summed E-state index contributed by atoms with van der Waals surface area (Å²) in [5.41, 5.74) is 1.73. The third-order valence-electron chi connectivity index (χ3n) is 4.22. The van der Waals surface area contributed by atoms with Crippen LogP contribution < -0.4 is 0 Å². The molecule has 0 radical (unpaired) electrons. The summed E-state index contributed by atoms with van der Waals surface area (Å²) in [7, 11) is 0. The zero-order valence-electron chi connectivity index (χ0n) is 14.0. The maximum atomic E-state index is 12.7. The number of hydrogen-bond donors (Lipinski definition) is 1. The Balaban J connectivity index is 2.11. The molecule has 0 bridgehead atoms. The Labute approximate surface area is 136 Å². The second kappa shape index (κ2) is 5.96. The second-order valence-corrected chi connectivity index (χ2v) is 7.25. The van der Waals surface area contributed by atoms with Crippen LogP contribution in [0, 0.1) is 0 Å². The summed E-state index contributed by atoms with van der Waals surface area (Å²) in [4.78, 5) is 17.4. The van der Waals surface area contributed by atoms with Gasteiger partial charge in [-0.3, -0.25) is 0 Å². The zero-order valence-corrected chi connectivity index (χ0v) is 14.0. The molecular weight excluding hydrogens is 292 g/mol. The first kappa shape index (κ1) is 16.0. The molecular formula is C18H24N2O3. The Morgan fingerprint density at radius 1 is 1.35 bits per heavy atom. The Hall–Kier alpha value is -1.88. The molecule has 2 aromatic rings. The molecule has 1 aliphatic rings. The molecule has 0 aliphatic heterocycles. The third-order valence-corrected chi connectivity index (χ3v) is 4.22. The molecule has 1 heterocycles. The van der Waals surface area contributed by atoms with Crippen LogP contribution in [-0.2, 0) is 11.3 Å². The van der Waals surface area contributed by atoms with E-state index in [1.54, 1.807) is 4.57 Å². The molecule has 0 spiro atoms. The van der Waals surface area contributed by atoms with Crippen LogP contribution >= 0.6 is 0 Å². The van der Waals surface area contributed by atoms with Crippen LogP contribution in [0.2, 0.25) is 0 Å². The number of carbonyl (C=O) groups excluding carboxylic acids is 1. The Kier molecular flexibility index (Phi) is 4.15. The van der Waals surface area contributed by atoms with Crippen molar-refractivity contribution in [2.75, 3.05) is 0 Å². The molecule has 1 saturated carbocycles. The van der Waals surface area contributed by atoms with Gasteiger partial charge in [0.2, 0.25) is 0 Å². The van der Waals surface area contributed by atoms with E-state index in [9.17, 15) is 9.90 Å². The smallest absolute Gasteiger partial charge is 0.420 e. The third kappa shape index (κ3) is 3.24. The predicted molar refractivity (Wildman–Crippen MR) is 88.5 cm³/mol. The molecule has 0 unspecified atom stereocenters. The van der Waals surface area contributed by atoms with Crippen LogP contribution in [0.5, 0.6) is 0 Å². The fourth-order valence-corrected chi connectivity index (χ4v) is 3.20. The number of nitrogens with zero attached hydrogens (tertiary/aromatic N) is 2. The molecule has 1 aromatic heterocycles. The monoisotopic (exact) mass is 316 g/mol.